The maximum absolute atomic E-state index is 10.6. The second-order valence-corrected chi connectivity index (χ2v) is 3.80. The summed E-state index contributed by atoms with van der Waals surface area (Å²) in [6.45, 7) is 0. The smallest absolute Gasteiger partial charge is 0.276 e. The molecule has 2 heterocycles. The van der Waals surface area contributed by atoms with Crippen LogP contribution in [0.15, 0.2) is 33.2 Å². The van der Waals surface area contributed by atoms with E-state index in [4.69, 9.17) is 10.2 Å². The minimum Gasteiger partial charge on any atom is -0.491 e. The summed E-state index contributed by atoms with van der Waals surface area (Å²) in [5.41, 5.74) is -0.0998. The molecule has 2 aromatic rings. The van der Waals surface area contributed by atoms with Gasteiger partial charge in [0.25, 0.3) is 23.4 Å². The summed E-state index contributed by atoms with van der Waals surface area (Å²) in [6.07, 6.45) is 0. The number of fused-ring (bicyclic) bond motifs is 1. The normalized spacial score (nSPS) is 14.7. The minimum absolute atomic E-state index is 0.00856. The monoisotopic (exact) mass is 274 g/mol. The van der Waals surface area contributed by atoms with Crippen molar-refractivity contribution in [2.75, 3.05) is 0 Å². The van der Waals surface area contributed by atoms with Gasteiger partial charge in [-0.2, -0.15) is 9.98 Å². The van der Waals surface area contributed by atoms with Gasteiger partial charge in [0.05, 0.1) is 15.6 Å². The molecule has 0 unspecified atom stereocenters. The molecule has 0 aliphatic carbocycles. The van der Waals surface area contributed by atoms with Crippen LogP contribution in [0.3, 0.4) is 0 Å². The fourth-order valence-corrected chi connectivity index (χ4v) is 1.59. The van der Waals surface area contributed by atoms with Gasteiger partial charge in [-0.1, -0.05) is 0 Å². The van der Waals surface area contributed by atoms with Crippen LogP contribution in [0.4, 0.5) is 11.6 Å². The number of aliphatic imine (C=N–C) groups is 1. The first-order valence-electron chi connectivity index (χ1n) is 5.31. The van der Waals surface area contributed by atoms with Gasteiger partial charge in [0.1, 0.15) is 0 Å². The molecule has 0 atom stereocenters. The number of aromatic hydroxyl groups is 2. The fraction of sp³-hybridized carbons (Fsp3) is 0. The zero-order valence-electron chi connectivity index (χ0n) is 9.68. The summed E-state index contributed by atoms with van der Waals surface area (Å²) < 4.78 is 0. The predicted octanol–water partition coefficient (Wildman–Crippen LogP) is -0.330. The number of hydrogen-bond donors (Lipinski definition) is 3. The molecular formula is C10H6N6O4. The van der Waals surface area contributed by atoms with E-state index in [0.29, 0.717) is 10.7 Å². The molecule has 0 fully saturated rings. The van der Waals surface area contributed by atoms with Crippen LogP contribution in [0.1, 0.15) is 0 Å². The number of nitro groups is 1. The number of non-ortho nitro benzene ring substituents is 1. The van der Waals surface area contributed by atoms with E-state index in [0.717, 1.165) is 0 Å². The Hall–Kier alpha value is -3.30. The molecule has 0 saturated heterocycles. The molecule has 10 nitrogen and oxygen atoms in total. The average molecular weight is 274 g/mol. The van der Waals surface area contributed by atoms with Crippen molar-refractivity contribution in [3.05, 3.63) is 39.0 Å². The molecule has 0 amide bonds. The van der Waals surface area contributed by atoms with E-state index in [2.05, 4.69) is 24.9 Å². The third kappa shape index (κ3) is 1.94. The number of hydrogen-bond acceptors (Lipinski definition) is 6. The lowest BCUT2D eigenvalue weighted by molar-refractivity contribution is -0.385. The number of nitrogens with one attached hydrogen (secondary N) is 1. The van der Waals surface area contributed by atoms with Crippen molar-refractivity contribution in [3.8, 4) is 11.8 Å². The molecule has 0 radical (unpaired) electrons. The SMILES string of the molecule is O=[N+]([O-])c1ccc2c(c1)=N/C(=N\c1nc(O)c(O)[nH]1)N=2. The largest absolute Gasteiger partial charge is 0.491 e. The van der Waals surface area contributed by atoms with Crippen molar-refractivity contribution in [3.63, 3.8) is 0 Å². The van der Waals surface area contributed by atoms with Crippen molar-refractivity contribution >= 4 is 17.6 Å². The highest BCUT2D eigenvalue weighted by molar-refractivity contribution is 5.85. The number of benzene rings is 1. The number of imidazole rings is 1. The topological polar surface area (TPSA) is 149 Å². The molecule has 0 saturated carbocycles. The lowest BCUT2D eigenvalue weighted by Gasteiger charge is -1.86. The van der Waals surface area contributed by atoms with Gasteiger partial charge in [0.15, 0.2) is 0 Å². The Morgan fingerprint density at radius 2 is 2.00 bits per heavy atom. The predicted molar refractivity (Wildman–Crippen MR) is 64.4 cm³/mol. The van der Waals surface area contributed by atoms with Crippen LogP contribution >= 0.6 is 0 Å². The molecular weight excluding hydrogens is 268 g/mol. The second-order valence-electron chi connectivity index (χ2n) is 3.80. The Kier molecular flexibility index (Phi) is 2.42. The minimum atomic E-state index is -0.588. The van der Waals surface area contributed by atoms with Gasteiger partial charge >= 0.3 is 0 Å². The Morgan fingerprint density at radius 3 is 2.65 bits per heavy atom. The van der Waals surface area contributed by atoms with Crippen molar-refractivity contribution in [2.24, 2.45) is 15.0 Å². The van der Waals surface area contributed by atoms with Gasteiger partial charge in [-0.15, -0.1) is 0 Å². The standard InChI is InChI=1S/C10H6N6O4/c17-7-8(18)14-10(13-7)15-9-11-5-2-1-4(16(19)20)3-6(5)12-9/h1-3,17-18H,(H,13,14)/b15-9-. The summed E-state index contributed by atoms with van der Waals surface area (Å²) in [4.78, 5) is 27.8. The maximum Gasteiger partial charge on any atom is 0.276 e. The molecule has 0 spiro atoms. The third-order valence-electron chi connectivity index (χ3n) is 2.47. The van der Waals surface area contributed by atoms with Gasteiger partial charge in [0.2, 0.25) is 5.95 Å². The zero-order chi connectivity index (χ0) is 14.3. The summed E-state index contributed by atoms with van der Waals surface area (Å²) >= 11 is 0. The van der Waals surface area contributed by atoms with Crippen molar-refractivity contribution in [2.45, 2.75) is 0 Å². The fourth-order valence-electron chi connectivity index (χ4n) is 1.59. The van der Waals surface area contributed by atoms with E-state index in [1.807, 2.05) is 0 Å². The lowest BCUT2D eigenvalue weighted by Crippen LogP contribution is -2.21. The Morgan fingerprint density at radius 1 is 1.25 bits per heavy atom. The molecule has 20 heavy (non-hydrogen) atoms. The average Bonchev–Trinajstić information content (AvgIpc) is 2.92. The quantitative estimate of drug-likeness (QED) is 0.506. The summed E-state index contributed by atoms with van der Waals surface area (Å²) in [7, 11) is 0. The van der Waals surface area contributed by atoms with Gasteiger partial charge in [-0.25, -0.2) is 9.98 Å². The lowest BCUT2D eigenvalue weighted by atomic mass is 10.3. The zero-order valence-corrected chi connectivity index (χ0v) is 9.68. The van der Waals surface area contributed by atoms with Crippen LogP contribution in [0.25, 0.3) is 0 Å². The van der Waals surface area contributed by atoms with Crippen LogP contribution in [-0.4, -0.2) is 31.1 Å². The third-order valence-corrected chi connectivity index (χ3v) is 2.47. The molecule has 1 aromatic carbocycles. The van der Waals surface area contributed by atoms with E-state index in [1.54, 1.807) is 0 Å². The van der Waals surface area contributed by atoms with E-state index >= 15 is 0 Å². The van der Waals surface area contributed by atoms with Crippen LogP contribution in [0.5, 0.6) is 11.8 Å². The number of rotatable bonds is 2. The highest BCUT2D eigenvalue weighted by atomic mass is 16.6. The Bertz CT molecular complexity index is 849. The number of nitrogens with zero attached hydrogens (tertiary/aromatic N) is 5. The van der Waals surface area contributed by atoms with Crippen molar-refractivity contribution in [1.29, 1.82) is 0 Å². The second kappa shape index (κ2) is 4.12. The number of H-pyrrole nitrogens is 1. The van der Waals surface area contributed by atoms with E-state index in [-0.39, 0.29) is 17.6 Å². The number of guanidine groups is 1. The van der Waals surface area contributed by atoms with E-state index < -0.39 is 16.7 Å². The number of aromatic nitrogens is 2. The van der Waals surface area contributed by atoms with E-state index in [9.17, 15) is 10.1 Å². The van der Waals surface area contributed by atoms with Gasteiger partial charge in [-0.3, -0.25) is 15.1 Å². The summed E-state index contributed by atoms with van der Waals surface area (Å²) in [6, 6.07) is 4.04. The molecule has 0 bridgehead atoms. The molecule has 1 aliphatic heterocycles. The number of aromatic amines is 1. The molecule has 1 aromatic heterocycles. The first-order chi connectivity index (χ1) is 9.52. The highest BCUT2D eigenvalue weighted by Crippen LogP contribution is 2.24. The molecule has 100 valence electrons. The van der Waals surface area contributed by atoms with Crippen LogP contribution in [0.2, 0.25) is 0 Å². The summed E-state index contributed by atoms with van der Waals surface area (Å²) in [5, 5.41) is 29.6. The first-order valence-corrected chi connectivity index (χ1v) is 5.31. The summed E-state index contributed by atoms with van der Waals surface area (Å²) in [5.74, 6) is -1.18. The first kappa shape index (κ1) is 11.8. The number of nitro benzene ring substituents is 1. The van der Waals surface area contributed by atoms with Crippen LogP contribution < -0.4 is 10.7 Å². The van der Waals surface area contributed by atoms with Crippen molar-refractivity contribution < 1.29 is 15.1 Å². The maximum atomic E-state index is 10.6. The Balaban J connectivity index is 2.04. The van der Waals surface area contributed by atoms with Gasteiger partial charge in [-0.05, 0) is 6.07 Å². The molecule has 3 N–H and O–H groups in total. The highest BCUT2D eigenvalue weighted by Gasteiger charge is 2.12. The Labute approximate surface area is 109 Å². The molecule has 10 heteroatoms. The van der Waals surface area contributed by atoms with Gasteiger partial charge < -0.3 is 10.2 Å². The molecule has 1 aliphatic rings. The van der Waals surface area contributed by atoms with Gasteiger partial charge in [0, 0.05) is 12.1 Å². The molecule has 3 rings (SSSR count). The van der Waals surface area contributed by atoms with Crippen LogP contribution in [0, 0.1) is 10.1 Å². The van der Waals surface area contributed by atoms with Crippen molar-refractivity contribution in [1.82, 2.24) is 9.97 Å². The van der Waals surface area contributed by atoms with Crippen LogP contribution in [-0.2, 0) is 0 Å². The van der Waals surface area contributed by atoms with E-state index in [1.165, 1.54) is 18.2 Å².